The second-order valence-corrected chi connectivity index (χ2v) is 12.0. The first kappa shape index (κ1) is 27.3. The summed E-state index contributed by atoms with van der Waals surface area (Å²) in [5.74, 6) is -0.0802. The first-order valence-electron chi connectivity index (χ1n) is 12.7. The highest BCUT2D eigenvalue weighted by Crippen LogP contribution is 2.28. The number of nitrogens with one attached hydrogen (secondary N) is 2. The van der Waals surface area contributed by atoms with Crippen LogP contribution in [0.2, 0.25) is 0 Å². The first-order valence-corrected chi connectivity index (χ1v) is 15.1. The van der Waals surface area contributed by atoms with E-state index >= 15 is 0 Å². The van der Waals surface area contributed by atoms with E-state index in [0.717, 1.165) is 56.6 Å². The third-order valence-corrected chi connectivity index (χ3v) is 8.58. The minimum atomic E-state index is -3.71. The van der Waals surface area contributed by atoms with E-state index in [9.17, 15) is 13.2 Å². The van der Waals surface area contributed by atoms with Crippen molar-refractivity contribution >= 4 is 38.1 Å². The summed E-state index contributed by atoms with van der Waals surface area (Å²) in [6, 6.07) is 14.2. The van der Waals surface area contributed by atoms with Crippen LogP contribution < -0.4 is 10.0 Å². The molecule has 0 atom stereocenters. The van der Waals surface area contributed by atoms with Crippen LogP contribution in [0.4, 0.5) is 10.8 Å². The molecule has 0 radical (unpaired) electrons. The summed E-state index contributed by atoms with van der Waals surface area (Å²) in [6.45, 7) is 6.17. The number of anilines is 2. The van der Waals surface area contributed by atoms with E-state index in [-0.39, 0.29) is 10.8 Å². The second kappa shape index (κ2) is 12.6. The minimum absolute atomic E-state index is 0.0802. The van der Waals surface area contributed by atoms with Crippen LogP contribution in [0, 0.1) is 0 Å². The molecule has 3 aromatic rings. The molecule has 1 aliphatic heterocycles. The average Bonchev–Trinajstić information content (AvgIpc) is 3.34. The zero-order chi connectivity index (χ0) is 26.3. The predicted molar refractivity (Wildman–Crippen MR) is 151 cm³/mol. The fourth-order valence-electron chi connectivity index (χ4n) is 4.20. The Hall–Kier alpha value is -2.79. The van der Waals surface area contributed by atoms with E-state index in [1.54, 1.807) is 30.3 Å². The molecule has 4 rings (SSSR count). The maximum Gasteiger partial charge on any atom is 0.261 e. The van der Waals surface area contributed by atoms with Gasteiger partial charge in [0, 0.05) is 42.8 Å². The van der Waals surface area contributed by atoms with Crippen LogP contribution in [0.1, 0.15) is 31.7 Å². The van der Waals surface area contributed by atoms with Gasteiger partial charge < -0.3 is 10.2 Å². The van der Waals surface area contributed by atoms with Crippen LogP contribution in [-0.4, -0.2) is 68.9 Å². The number of amides is 1. The summed E-state index contributed by atoms with van der Waals surface area (Å²) in [5.41, 5.74) is 3.04. The van der Waals surface area contributed by atoms with E-state index in [1.165, 1.54) is 17.8 Å². The monoisotopic (exact) mass is 541 g/mol. The molecule has 2 aromatic carbocycles. The van der Waals surface area contributed by atoms with Gasteiger partial charge in [-0.15, -0.1) is 11.3 Å². The molecular weight excluding hydrogens is 506 g/mol. The number of aromatic nitrogens is 1. The highest BCUT2D eigenvalue weighted by atomic mass is 32.2. The van der Waals surface area contributed by atoms with Crippen molar-refractivity contribution in [3.05, 3.63) is 59.5 Å². The van der Waals surface area contributed by atoms with Gasteiger partial charge in [0.15, 0.2) is 5.13 Å². The van der Waals surface area contributed by atoms with Crippen LogP contribution >= 0.6 is 11.3 Å². The molecule has 0 saturated carbocycles. The third-order valence-electron chi connectivity index (χ3n) is 6.43. The topological polar surface area (TPSA) is 94.6 Å². The molecule has 1 aromatic heterocycles. The Morgan fingerprint density at radius 2 is 1.81 bits per heavy atom. The molecule has 1 fully saturated rings. The number of nitrogens with zero attached hydrogens (tertiary/aromatic N) is 3. The molecule has 1 amide bonds. The van der Waals surface area contributed by atoms with Crippen molar-refractivity contribution in [2.24, 2.45) is 0 Å². The number of carbonyl (C=O) groups excluding carboxylic acids is 1. The average molecular weight is 542 g/mol. The van der Waals surface area contributed by atoms with Crippen molar-refractivity contribution in [1.29, 1.82) is 0 Å². The molecule has 0 aliphatic carbocycles. The van der Waals surface area contributed by atoms with Crippen LogP contribution in [0.25, 0.3) is 11.3 Å². The van der Waals surface area contributed by atoms with E-state index in [1.807, 2.05) is 23.6 Å². The van der Waals surface area contributed by atoms with Crippen molar-refractivity contribution in [3.8, 4) is 11.3 Å². The Bertz CT molecular complexity index is 1280. The molecule has 10 heteroatoms. The summed E-state index contributed by atoms with van der Waals surface area (Å²) in [4.78, 5) is 21.6. The lowest BCUT2D eigenvalue weighted by Gasteiger charge is -2.31. The Morgan fingerprint density at radius 1 is 1.05 bits per heavy atom. The van der Waals surface area contributed by atoms with Crippen LogP contribution in [-0.2, 0) is 21.2 Å². The zero-order valence-electron chi connectivity index (χ0n) is 21.4. The van der Waals surface area contributed by atoms with Gasteiger partial charge in [-0.25, -0.2) is 13.4 Å². The lowest BCUT2D eigenvalue weighted by atomic mass is 10.1. The van der Waals surface area contributed by atoms with Crippen LogP contribution in [0.5, 0.6) is 0 Å². The number of thiazole rings is 1. The van der Waals surface area contributed by atoms with Gasteiger partial charge in [0.1, 0.15) is 0 Å². The number of unbranched alkanes of at least 4 members (excludes halogenated alkanes) is 2. The number of aryl methyl sites for hydroxylation is 1. The number of rotatable bonds is 11. The number of piperazine rings is 1. The van der Waals surface area contributed by atoms with Gasteiger partial charge in [0.2, 0.25) is 5.91 Å². The van der Waals surface area contributed by atoms with Crippen molar-refractivity contribution in [1.82, 2.24) is 14.8 Å². The van der Waals surface area contributed by atoms with Crippen molar-refractivity contribution in [2.45, 2.75) is 37.5 Å². The fraction of sp³-hybridized carbons (Fsp3) is 0.407. The maximum absolute atomic E-state index is 12.9. The highest BCUT2D eigenvalue weighted by Gasteiger charge is 2.18. The predicted octanol–water partition coefficient (Wildman–Crippen LogP) is 4.53. The molecule has 37 heavy (non-hydrogen) atoms. The highest BCUT2D eigenvalue weighted by molar-refractivity contribution is 7.92. The Balaban J connectivity index is 1.36. The van der Waals surface area contributed by atoms with Crippen molar-refractivity contribution in [2.75, 3.05) is 49.8 Å². The van der Waals surface area contributed by atoms with Gasteiger partial charge in [-0.1, -0.05) is 44.0 Å². The summed E-state index contributed by atoms with van der Waals surface area (Å²) >= 11 is 1.35. The SMILES string of the molecule is CCCCCc1ccc(S(=O)(=O)Nc2cccc(-c3csc(NC(=O)CN4CCN(C)CC4)n3)c2)cc1. The number of benzene rings is 2. The van der Waals surface area contributed by atoms with Crippen LogP contribution in [0.3, 0.4) is 0 Å². The molecule has 0 bridgehead atoms. The Labute approximate surface area is 223 Å². The molecule has 1 saturated heterocycles. The van der Waals surface area contributed by atoms with Crippen LogP contribution in [0.15, 0.2) is 58.8 Å². The van der Waals surface area contributed by atoms with Gasteiger partial charge in [-0.2, -0.15) is 0 Å². The Kier molecular flexibility index (Phi) is 9.31. The maximum atomic E-state index is 12.9. The van der Waals surface area contributed by atoms with Crippen molar-refractivity contribution < 1.29 is 13.2 Å². The van der Waals surface area contributed by atoms with Gasteiger partial charge in [-0.3, -0.25) is 14.4 Å². The molecule has 0 spiro atoms. The Morgan fingerprint density at radius 3 is 2.54 bits per heavy atom. The quantitative estimate of drug-likeness (QED) is 0.347. The fourth-order valence-corrected chi connectivity index (χ4v) is 5.99. The number of carbonyl (C=O) groups is 1. The lowest BCUT2D eigenvalue weighted by Crippen LogP contribution is -2.47. The van der Waals surface area contributed by atoms with E-state index in [2.05, 4.69) is 38.8 Å². The summed E-state index contributed by atoms with van der Waals surface area (Å²) in [5, 5.41) is 5.27. The largest absolute Gasteiger partial charge is 0.304 e. The molecule has 2 heterocycles. The van der Waals surface area contributed by atoms with E-state index in [4.69, 9.17) is 0 Å². The third kappa shape index (κ3) is 7.85. The van der Waals surface area contributed by atoms with Gasteiger partial charge >= 0.3 is 0 Å². The first-order chi connectivity index (χ1) is 17.8. The van der Waals surface area contributed by atoms with Crippen molar-refractivity contribution in [3.63, 3.8) is 0 Å². The molecular formula is C27H35N5O3S2. The smallest absolute Gasteiger partial charge is 0.261 e. The standard InChI is InChI=1S/C27H35N5O3S2/c1-3-4-5-7-21-10-12-24(13-11-21)37(34,35)30-23-9-6-8-22(18-23)25-20-36-27(28-25)29-26(33)19-32-16-14-31(2)15-17-32/h6,8-13,18,20,30H,3-5,7,14-17,19H2,1-2H3,(H,28,29,33). The second-order valence-electron chi connectivity index (χ2n) is 9.45. The van der Waals surface area contributed by atoms with E-state index in [0.29, 0.717) is 23.1 Å². The van der Waals surface area contributed by atoms with Gasteiger partial charge in [0.05, 0.1) is 17.1 Å². The number of likely N-dealkylation sites (N-methyl/N-ethyl adjacent to an activating group) is 1. The zero-order valence-corrected chi connectivity index (χ0v) is 23.1. The summed E-state index contributed by atoms with van der Waals surface area (Å²) < 4.78 is 28.6. The summed E-state index contributed by atoms with van der Waals surface area (Å²) in [7, 11) is -1.63. The molecule has 0 unspecified atom stereocenters. The molecule has 1 aliphatic rings. The normalized spacial score (nSPS) is 15.0. The number of hydrogen-bond donors (Lipinski definition) is 2. The van der Waals surface area contributed by atoms with Gasteiger partial charge in [-0.05, 0) is 49.7 Å². The number of hydrogen-bond acceptors (Lipinski definition) is 7. The molecule has 2 N–H and O–H groups in total. The molecule has 8 nitrogen and oxygen atoms in total. The van der Waals surface area contributed by atoms with E-state index < -0.39 is 10.0 Å². The summed E-state index contributed by atoms with van der Waals surface area (Å²) in [6.07, 6.45) is 4.38. The minimum Gasteiger partial charge on any atom is -0.304 e. The number of sulfonamides is 1. The molecule has 198 valence electrons. The lowest BCUT2D eigenvalue weighted by molar-refractivity contribution is -0.117. The van der Waals surface area contributed by atoms with Gasteiger partial charge in [0.25, 0.3) is 10.0 Å².